The number of piperazine rings is 1. The first-order valence-corrected chi connectivity index (χ1v) is 15.9. The normalized spacial score (nSPS) is 17.5. The van der Waals surface area contributed by atoms with E-state index in [4.69, 9.17) is 4.98 Å². The summed E-state index contributed by atoms with van der Waals surface area (Å²) in [5.41, 5.74) is 10.3. The van der Waals surface area contributed by atoms with Crippen LogP contribution in [-0.4, -0.2) is 57.0 Å². The first kappa shape index (κ1) is 29.7. The van der Waals surface area contributed by atoms with Crippen molar-refractivity contribution in [3.05, 3.63) is 106 Å². The summed E-state index contributed by atoms with van der Waals surface area (Å²) in [4.78, 5) is 47.4. The number of imide groups is 1. The number of para-hydroxylation sites is 1. The third-order valence-corrected chi connectivity index (χ3v) is 9.65. The molecule has 0 radical (unpaired) electrons. The minimum Gasteiger partial charge on any atom is -0.369 e. The number of carbonyl (C=O) groups excluding carboxylic acids is 2. The number of piperidine rings is 1. The van der Waals surface area contributed by atoms with Crippen molar-refractivity contribution in [1.82, 2.24) is 24.3 Å². The van der Waals surface area contributed by atoms with Crippen molar-refractivity contribution in [3.63, 3.8) is 0 Å². The molecule has 7 rings (SSSR count). The van der Waals surface area contributed by atoms with Crippen LogP contribution in [0, 0.1) is 13.8 Å². The molecule has 3 aromatic carbocycles. The number of hydrogen-bond acceptors (Lipinski definition) is 6. The van der Waals surface area contributed by atoms with E-state index in [0.717, 1.165) is 55.1 Å². The summed E-state index contributed by atoms with van der Waals surface area (Å²) < 4.78 is 3.14. The van der Waals surface area contributed by atoms with Gasteiger partial charge in [-0.2, -0.15) is 0 Å². The number of rotatable bonds is 6. The van der Waals surface area contributed by atoms with Gasteiger partial charge in [-0.25, -0.2) is 4.79 Å². The second-order valence-electron chi connectivity index (χ2n) is 12.5. The fraction of sp³-hybridized carbons (Fsp3) is 0.297. The highest BCUT2D eigenvalue weighted by Gasteiger charge is 2.31. The summed E-state index contributed by atoms with van der Waals surface area (Å²) >= 11 is 0. The molecular weight excluding hydrogens is 576 g/mol. The molecule has 4 heterocycles. The van der Waals surface area contributed by atoms with Crippen molar-refractivity contribution in [2.24, 2.45) is 7.05 Å². The third kappa shape index (κ3) is 5.41. The summed E-state index contributed by atoms with van der Waals surface area (Å²) in [6.07, 6.45) is 2.54. The molecule has 1 N–H and O–H groups in total. The molecule has 234 valence electrons. The zero-order valence-electron chi connectivity index (χ0n) is 26.5. The van der Waals surface area contributed by atoms with Crippen LogP contribution in [0.4, 0.5) is 5.69 Å². The van der Waals surface area contributed by atoms with Gasteiger partial charge in [-0.1, -0.05) is 48.5 Å². The summed E-state index contributed by atoms with van der Waals surface area (Å²) in [5.74, 6) is -0.726. The van der Waals surface area contributed by atoms with Gasteiger partial charge in [-0.05, 0) is 66.8 Å². The minimum absolute atomic E-state index is 0.215. The molecule has 46 heavy (non-hydrogen) atoms. The quantitative estimate of drug-likeness (QED) is 0.271. The molecule has 2 aliphatic heterocycles. The topological polar surface area (TPSA) is 92.5 Å². The van der Waals surface area contributed by atoms with Gasteiger partial charge in [0.25, 0.3) is 0 Å². The van der Waals surface area contributed by atoms with Crippen LogP contribution in [0.1, 0.15) is 35.6 Å². The number of anilines is 1. The second kappa shape index (κ2) is 12.1. The lowest BCUT2D eigenvalue weighted by atomic mass is 10.0. The van der Waals surface area contributed by atoms with Crippen LogP contribution in [0.15, 0.2) is 83.8 Å². The molecule has 0 aliphatic carbocycles. The maximum atomic E-state index is 13.3. The number of hydrogen-bond donors (Lipinski definition) is 1. The number of fused-ring (bicyclic) bond motifs is 1. The van der Waals surface area contributed by atoms with E-state index < -0.39 is 11.9 Å². The van der Waals surface area contributed by atoms with Crippen LogP contribution in [0.2, 0.25) is 0 Å². The van der Waals surface area contributed by atoms with E-state index in [-0.39, 0.29) is 18.0 Å². The highest BCUT2D eigenvalue weighted by atomic mass is 16.2. The summed E-state index contributed by atoms with van der Waals surface area (Å²) in [5, 5.41) is 2.38. The van der Waals surface area contributed by atoms with Crippen LogP contribution < -0.4 is 15.9 Å². The molecule has 2 aromatic heterocycles. The monoisotopic (exact) mass is 614 g/mol. The fourth-order valence-electron chi connectivity index (χ4n) is 6.88. The fourth-order valence-corrected chi connectivity index (χ4v) is 6.88. The van der Waals surface area contributed by atoms with Gasteiger partial charge in [0.2, 0.25) is 11.8 Å². The lowest BCUT2D eigenvalue weighted by Crippen LogP contribution is -2.45. The van der Waals surface area contributed by atoms with Gasteiger partial charge in [0.15, 0.2) is 0 Å². The molecule has 1 unspecified atom stereocenters. The maximum absolute atomic E-state index is 13.3. The van der Waals surface area contributed by atoms with E-state index in [0.29, 0.717) is 11.9 Å². The summed E-state index contributed by atoms with van der Waals surface area (Å²) in [7, 11) is 1.74. The number of aromatic nitrogens is 3. The molecule has 0 saturated carbocycles. The Balaban J connectivity index is 1.03. The Hall–Kier alpha value is -5.02. The number of amides is 2. The van der Waals surface area contributed by atoms with Crippen molar-refractivity contribution in [3.8, 4) is 22.4 Å². The zero-order chi connectivity index (χ0) is 31.9. The third-order valence-electron chi connectivity index (χ3n) is 9.65. The first-order valence-electron chi connectivity index (χ1n) is 15.9. The molecule has 2 aliphatic rings. The van der Waals surface area contributed by atoms with E-state index >= 15 is 0 Å². The zero-order valence-corrected chi connectivity index (χ0v) is 26.5. The van der Waals surface area contributed by atoms with Gasteiger partial charge in [-0.3, -0.25) is 33.9 Å². The lowest BCUT2D eigenvalue weighted by Gasteiger charge is -2.36. The van der Waals surface area contributed by atoms with E-state index in [1.807, 2.05) is 24.4 Å². The Morgan fingerprint density at radius 1 is 0.848 bits per heavy atom. The van der Waals surface area contributed by atoms with E-state index in [1.165, 1.54) is 32.5 Å². The minimum atomic E-state index is -0.705. The van der Waals surface area contributed by atoms with Crippen LogP contribution in [-0.2, 0) is 23.2 Å². The summed E-state index contributed by atoms with van der Waals surface area (Å²) in [6.45, 7) is 8.98. The molecule has 0 spiro atoms. The highest BCUT2D eigenvalue weighted by Crippen LogP contribution is 2.32. The van der Waals surface area contributed by atoms with Crippen molar-refractivity contribution in [2.45, 2.75) is 39.3 Å². The summed E-state index contributed by atoms with van der Waals surface area (Å²) in [6, 6.07) is 24.3. The molecule has 0 bridgehead atoms. The van der Waals surface area contributed by atoms with Crippen LogP contribution in [0.5, 0.6) is 0 Å². The Morgan fingerprint density at radius 3 is 2.30 bits per heavy atom. The number of imidazole rings is 1. The molecule has 5 aromatic rings. The molecule has 9 heteroatoms. The Kier molecular flexibility index (Phi) is 7.78. The Labute approximate surface area is 268 Å². The van der Waals surface area contributed by atoms with Gasteiger partial charge < -0.3 is 4.90 Å². The van der Waals surface area contributed by atoms with Crippen molar-refractivity contribution in [2.75, 3.05) is 31.1 Å². The molecular formula is C37H38N6O3. The van der Waals surface area contributed by atoms with E-state index in [1.54, 1.807) is 11.6 Å². The molecule has 2 fully saturated rings. The average molecular weight is 615 g/mol. The molecule has 2 saturated heterocycles. The lowest BCUT2D eigenvalue weighted by molar-refractivity contribution is -0.135. The van der Waals surface area contributed by atoms with Crippen molar-refractivity contribution >= 4 is 28.5 Å². The number of aryl methyl sites for hydroxylation is 2. The van der Waals surface area contributed by atoms with Gasteiger partial charge in [0.1, 0.15) is 6.04 Å². The highest BCUT2D eigenvalue weighted by molar-refractivity contribution is 6.01. The molecule has 1 atom stereocenters. The first-order chi connectivity index (χ1) is 22.3. The van der Waals surface area contributed by atoms with Gasteiger partial charge in [-0.15, -0.1) is 0 Å². The standard InChI is InChI=1S/C37H38N6O3/c1-24-6-4-7-29(25(24)2)31-15-10-26(22-38-31)23-41-18-20-42(21-19-41)28-13-11-27(12-14-28)30-8-5-9-32-35(30)40(3)37(46)43(32)33-16-17-34(44)39-36(33)45/h4-15,22,33H,16-21,23H2,1-3H3,(H,39,44,45). The van der Waals surface area contributed by atoms with Crippen molar-refractivity contribution in [1.29, 1.82) is 0 Å². The average Bonchev–Trinajstić information content (AvgIpc) is 3.32. The largest absolute Gasteiger partial charge is 0.369 e. The Bertz CT molecular complexity index is 2000. The molecule has 9 nitrogen and oxygen atoms in total. The molecule has 2 amide bonds. The number of nitrogens with one attached hydrogen (secondary N) is 1. The number of nitrogens with zero attached hydrogens (tertiary/aromatic N) is 5. The van der Waals surface area contributed by atoms with Gasteiger partial charge >= 0.3 is 5.69 Å². The second-order valence-corrected chi connectivity index (χ2v) is 12.5. The maximum Gasteiger partial charge on any atom is 0.329 e. The number of pyridine rings is 1. The predicted octanol–water partition coefficient (Wildman–Crippen LogP) is 4.99. The van der Waals surface area contributed by atoms with Gasteiger partial charge in [0, 0.05) is 69.2 Å². The number of benzene rings is 3. The number of carbonyl (C=O) groups is 2. The SMILES string of the molecule is Cc1cccc(-c2ccc(CN3CCN(c4ccc(-c5cccc6c5n(C)c(=O)n6C5CCC(=O)NC5=O)cc4)CC3)cn2)c1C. The van der Waals surface area contributed by atoms with Crippen LogP contribution >= 0.6 is 0 Å². The van der Waals surface area contributed by atoms with E-state index in [9.17, 15) is 14.4 Å². The van der Waals surface area contributed by atoms with Crippen LogP contribution in [0.3, 0.4) is 0 Å². The van der Waals surface area contributed by atoms with Crippen LogP contribution in [0.25, 0.3) is 33.4 Å². The van der Waals surface area contributed by atoms with E-state index in [2.05, 4.69) is 83.6 Å². The smallest absolute Gasteiger partial charge is 0.329 e. The van der Waals surface area contributed by atoms with Crippen molar-refractivity contribution < 1.29 is 9.59 Å². The predicted molar refractivity (Wildman–Crippen MR) is 181 cm³/mol. The Morgan fingerprint density at radius 2 is 1.59 bits per heavy atom. The van der Waals surface area contributed by atoms with Gasteiger partial charge in [0.05, 0.1) is 16.7 Å².